The molecule has 1 aliphatic heterocycles. The van der Waals surface area contributed by atoms with E-state index in [4.69, 9.17) is 4.42 Å². The van der Waals surface area contributed by atoms with Crippen LogP contribution in [0.15, 0.2) is 22.8 Å². The molecule has 0 spiro atoms. The fraction of sp³-hybridized carbons (Fsp3) is 0.688. The van der Waals surface area contributed by atoms with Crippen LogP contribution >= 0.6 is 0 Å². The van der Waals surface area contributed by atoms with Crippen LogP contribution in [0.2, 0.25) is 0 Å². The largest absolute Gasteiger partial charge is 0.468 e. The van der Waals surface area contributed by atoms with Gasteiger partial charge in [-0.1, -0.05) is 13.8 Å². The molecule has 0 aliphatic carbocycles. The van der Waals surface area contributed by atoms with Crippen molar-refractivity contribution in [2.45, 2.75) is 45.6 Å². The second-order valence-corrected chi connectivity index (χ2v) is 5.80. The zero-order valence-electron chi connectivity index (χ0n) is 12.6. The Morgan fingerprint density at radius 2 is 2.25 bits per heavy atom. The van der Waals surface area contributed by atoms with Gasteiger partial charge in [0.05, 0.1) is 12.3 Å². The normalized spacial score (nSPS) is 18.9. The first-order chi connectivity index (χ1) is 9.70. The van der Waals surface area contributed by atoms with E-state index >= 15 is 0 Å². The molecule has 4 heteroatoms. The summed E-state index contributed by atoms with van der Waals surface area (Å²) in [5.41, 5.74) is 0. The van der Waals surface area contributed by atoms with Gasteiger partial charge in [-0.25, -0.2) is 0 Å². The summed E-state index contributed by atoms with van der Waals surface area (Å²) in [5, 5.41) is 3.04. The number of nitrogens with zero attached hydrogens (tertiary/aromatic N) is 1. The van der Waals surface area contributed by atoms with Crippen LogP contribution in [-0.2, 0) is 4.79 Å². The van der Waals surface area contributed by atoms with Gasteiger partial charge in [-0.3, -0.25) is 9.69 Å². The van der Waals surface area contributed by atoms with Crippen molar-refractivity contribution >= 4 is 5.91 Å². The number of rotatable bonds is 6. The summed E-state index contributed by atoms with van der Waals surface area (Å²) in [6.07, 6.45) is 5.64. The Hall–Kier alpha value is -1.29. The van der Waals surface area contributed by atoms with Crippen LogP contribution in [0, 0.1) is 5.92 Å². The summed E-state index contributed by atoms with van der Waals surface area (Å²) in [5.74, 6) is 1.89. The highest BCUT2D eigenvalue weighted by atomic mass is 16.3. The molecule has 1 atom stereocenters. The van der Waals surface area contributed by atoms with E-state index in [9.17, 15) is 4.79 Å². The third kappa shape index (κ3) is 4.10. The molecule has 1 N–H and O–H groups in total. The number of carbonyl (C=O) groups excluding carboxylic acids is 1. The van der Waals surface area contributed by atoms with Crippen molar-refractivity contribution in [2.24, 2.45) is 5.92 Å². The molecule has 1 aromatic heterocycles. The molecule has 0 bridgehead atoms. The molecular formula is C16H26N2O2. The second kappa shape index (κ2) is 7.48. The number of amides is 1. The van der Waals surface area contributed by atoms with Crippen LogP contribution in [0.5, 0.6) is 0 Å². The Morgan fingerprint density at radius 3 is 2.85 bits per heavy atom. The van der Waals surface area contributed by atoms with E-state index in [0.717, 1.165) is 31.2 Å². The van der Waals surface area contributed by atoms with E-state index in [0.29, 0.717) is 13.0 Å². The predicted octanol–water partition coefficient (Wildman–Crippen LogP) is 2.97. The molecule has 1 fully saturated rings. The number of piperidine rings is 1. The van der Waals surface area contributed by atoms with Crippen molar-refractivity contribution in [1.29, 1.82) is 0 Å². The second-order valence-electron chi connectivity index (χ2n) is 5.80. The van der Waals surface area contributed by atoms with Crippen LogP contribution < -0.4 is 5.32 Å². The Morgan fingerprint density at radius 1 is 1.50 bits per heavy atom. The lowest BCUT2D eigenvalue weighted by molar-refractivity contribution is -0.121. The SMILES string of the molecule is CCCC(=O)NCC(c1ccco1)N1CCC(C)CC1. The number of carbonyl (C=O) groups is 1. The lowest BCUT2D eigenvalue weighted by Gasteiger charge is -2.35. The highest BCUT2D eigenvalue weighted by Crippen LogP contribution is 2.26. The highest BCUT2D eigenvalue weighted by Gasteiger charge is 2.26. The Balaban J connectivity index is 1.96. The topological polar surface area (TPSA) is 45.5 Å². The minimum Gasteiger partial charge on any atom is -0.468 e. The van der Waals surface area contributed by atoms with Gasteiger partial charge in [-0.05, 0) is 50.4 Å². The molecule has 2 rings (SSSR count). The number of hydrogen-bond acceptors (Lipinski definition) is 3. The lowest BCUT2D eigenvalue weighted by atomic mass is 9.97. The summed E-state index contributed by atoms with van der Waals surface area (Å²) >= 11 is 0. The Kier molecular flexibility index (Phi) is 5.65. The number of furan rings is 1. The van der Waals surface area contributed by atoms with Crippen molar-refractivity contribution in [1.82, 2.24) is 10.2 Å². The van der Waals surface area contributed by atoms with Crippen LogP contribution in [0.1, 0.15) is 51.3 Å². The maximum absolute atomic E-state index is 11.7. The summed E-state index contributed by atoms with van der Waals surface area (Å²) < 4.78 is 5.58. The minimum absolute atomic E-state index is 0.134. The molecular weight excluding hydrogens is 252 g/mol. The molecule has 1 amide bonds. The Bertz CT molecular complexity index is 395. The number of hydrogen-bond donors (Lipinski definition) is 1. The fourth-order valence-corrected chi connectivity index (χ4v) is 2.76. The Labute approximate surface area is 121 Å². The van der Waals surface area contributed by atoms with E-state index in [2.05, 4.69) is 17.1 Å². The molecule has 0 radical (unpaired) electrons. The smallest absolute Gasteiger partial charge is 0.220 e. The first-order valence-corrected chi connectivity index (χ1v) is 7.74. The zero-order valence-corrected chi connectivity index (χ0v) is 12.6. The first kappa shape index (κ1) is 15.1. The number of likely N-dealkylation sites (tertiary alicyclic amines) is 1. The first-order valence-electron chi connectivity index (χ1n) is 7.74. The molecule has 112 valence electrons. The zero-order chi connectivity index (χ0) is 14.4. The molecule has 4 nitrogen and oxygen atoms in total. The summed E-state index contributed by atoms with van der Waals surface area (Å²) in [6.45, 7) is 7.13. The van der Waals surface area contributed by atoms with Gasteiger partial charge in [0.15, 0.2) is 0 Å². The van der Waals surface area contributed by atoms with E-state index in [1.165, 1.54) is 12.8 Å². The van der Waals surface area contributed by atoms with Gasteiger partial charge in [0.1, 0.15) is 5.76 Å². The van der Waals surface area contributed by atoms with Gasteiger partial charge in [-0.2, -0.15) is 0 Å². The van der Waals surface area contributed by atoms with Gasteiger partial charge in [0.2, 0.25) is 5.91 Å². The van der Waals surface area contributed by atoms with Crippen LogP contribution in [0.4, 0.5) is 0 Å². The molecule has 1 saturated heterocycles. The third-order valence-electron chi connectivity index (χ3n) is 4.10. The monoisotopic (exact) mass is 278 g/mol. The van der Waals surface area contributed by atoms with Crippen LogP contribution in [0.3, 0.4) is 0 Å². The van der Waals surface area contributed by atoms with E-state index in [1.807, 2.05) is 19.1 Å². The minimum atomic E-state index is 0.134. The fourth-order valence-electron chi connectivity index (χ4n) is 2.76. The molecule has 0 aromatic carbocycles. The van der Waals surface area contributed by atoms with E-state index in [1.54, 1.807) is 6.26 Å². The average molecular weight is 278 g/mol. The van der Waals surface area contributed by atoms with Crippen LogP contribution in [-0.4, -0.2) is 30.4 Å². The maximum Gasteiger partial charge on any atom is 0.220 e. The van der Waals surface area contributed by atoms with Gasteiger partial charge in [-0.15, -0.1) is 0 Å². The predicted molar refractivity (Wildman–Crippen MR) is 79.3 cm³/mol. The highest BCUT2D eigenvalue weighted by molar-refractivity contribution is 5.75. The molecule has 1 aromatic rings. The van der Waals surface area contributed by atoms with Crippen molar-refractivity contribution < 1.29 is 9.21 Å². The van der Waals surface area contributed by atoms with Crippen LogP contribution in [0.25, 0.3) is 0 Å². The molecule has 2 heterocycles. The summed E-state index contributed by atoms with van der Waals surface area (Å²) in [6, 6.07) is 4.09. The summed E-state index contributed by atoms with van der Waals surface area (Å²) in [4.78, 5) is 14.1. The summed E-state index contributed by atoms with van der Waals surface area (Å²) in [7, 11) is 0. The quantitative estimate of drug-likeness (QED) is 0.870. The van der Waals surface area contributed by atoms with E-state index in [-0.39, 0.29) is 11.9 Å². The average Bonchev–Trinajstić information content (AvgIpc) is 2.95. The van der Waals surface area contributed by atoms with E-state index < -0.39 is 0 Å². The van der Waals surface area contributed by atoms with Gasteiger partial charge >= 0.3 is 0 Å². The maximum atomic E-state index is 11.7. The third-order valence-corrected chi connectivity index (χ3v) is 4.10. The molecule has 1 unspecified atom stereocenters. The van der Waals surface area contributed by atoms with Crippen molar-refractivity contribution in [3.05, 3.63) is 24.2 Å². The van der Waals surface area contributed by atoms with Gasteiger partial charge in [0, 0.05) is 13.0 Å². The lowest BCUT2D eigenvalue weighted by Crippen LogP contribution is -2.41. The standard InChI is InChI=1S/C16H26N2O2/c1-3-5-16(19)17-12-14(15-6-4-11-20-15)18-9-7-13(2)8-10-18/h4,6,11,13-14H,3,5,7-10,12H2,1-2H3,(H,17,19). The van der Waals surface area contributed by atoms with Gasteiger partial charge < -0.3 is 9.73 Å². The molecule has 0 saturated carbocycles. The number of nitrogens with one attached hydrogen (secondary N) is 1. The molecule has 1 aliphatic rings. The van der Waals surface area contributed by atoms with Crippen molar-refractivity contribution in [3.8, 4) is 0 Å². The van der Waals surface area contributed by atoms with Crippen molar-refractivity contribution in [2.75, 3.05) is 19.6 Å². The van der Waals surface area contributed by atoms with Gasteiger partial charge in [0.25, 0.3) is 0 Å². The van der Waals surface area contributed by atoms with Crippen molar-refractivity contribution in [3.63, 3.8) is 0 Å². The molecule has 20 heavy (non-hydrogen) atoms.